The number of pyridine rings is 1. The minimum absolute atomic E-state index is 0.0258. The van der Waals surface area contributed by atoms with E-state index in [4.69, 9.17) is 14.2 Å². The summed E-state index contributed by atoms with van der Waals surface area (Å²) in [6.45, 7) is 8.04. The number of hydrogen-bond donors (Lipinski definition) is 2. The molecular formula is C31H34F3N3O5. The van der Waals surface area contributed by atoms with Crippen LogP contribution in [0.4, 0.5) is 18.0 Å². The topological polar surface area (TPSA) is 98.8 Å². The van der Waals surface area contributed by atoms with Gasteiger partial charge < -0.3 is 24.8 Å². The average Bonchev–Trinajstić information content (AvgIpc) is 3.43. The molecule has 2 atom stereocenters. The molecule has 11 heteroatoms. The van der Waals surface area contributed by atoms with Gasteiger partial charge in [0.05, 0.1) is 24.8 Å². The number of nitrogens with zero attached hydrogens (tertiary/aromatic N) is 1. The number of carbonyl (C=O) groups excluding carboxylic acids is 2. The Morgan fingerprint density at radius 2 is 1.81 bits per heavy atom. The molecule has 2 heterocycles. The number of nitrogens with one attached hydrogen (secondary N) is 2. The third-order valence-corrected chi connectivity index (χ3v) is 6.50. The highest BCUT2D eigenvalue weighted by molar-refractivity contribution is 5.94. The van der Waals surface area contributed by atoms with Crippen LogP contribution in [0, 0.1) is 0 Å². The minimum atomic E-state index is -4.53. The predicted octanol–water partition coefficient (Wildman–Crippen LogP) is 6.45. The summed E-state index contributed by atoms with van der Waals surface area (Å²) in [5.74, 6) is 0.0167. The van der Waals surface area contributed by atoms with E-state index in [-0.39, 0.29) is 18.6 Å². The molecule has 2 aromatic carbocycles. The van der Waals surface area contributed by atoms with Crippen molar-refractivity contribution in [3.05, 3.63) is 83.0 Å². The molecule has 3 aromatic rings. The largest absolute Gasteiger partial charge is 0.472 e. The van der Waals surface area contributed by atoms with Crippen LogP contribution in [0.3, 0.4) is 0 Å². The second-order valence-corrected chi connectivity index (χ2v) is 11.0. The molecule has 1 saturated heterocycles. The summed E-state index contributed by atoms with van der Waals surface area (Å²) in [5.41, 5.74) is 0.951. The maximum absolute atomic E-state index is 13.5. The molecule has 8 nitrogen and oxygen atoms in total. The van der Waals surface area contributed by atoms with Crippen molar-refractivity contribution < 1.29 is 37.0 Å². The molecule has 0 radical (unpaired) electrons. The van der Waals surface area contributed by atoms with Gasteiger partial charge in [-0.1, -0.05) is 30.3 Å². The third-order valence-electron chi connectivity index (χ3n) is 6.50. The Labute approximate surface area is 242 Å². The van der Waals surface area contributed by atoms with Gasteiger partial charge in [0.25, 0.3) is 5.91 Å². The molecule has 4 rings (SSSR count). The second-order valence-electron chi connectivity index (χ2n) is 11.0. The van der Waals surface area contributed by atoms with Crippen molar-refractivity contribution in [2.45, 2.75) is 64.6 Å². The Bertz CT molecular complexity index is 1400. The Morgan fingerprint density at radius 3 is 2.45 bits per heavy atom. The summed E-state index contributed by atoms with van der Waals surface area (Å²) in [6, 6.07) is 13.0. The number of aromatic nitrogens is 1. The van der Waals surface area contributed by atoms with E-state index < -0.39 is 29.5 Å². The summed E-state index contributed by atoms with van der Waals surface area (Å²) in [4.78, 5) is 29.2. The molecule has 1 aliphatic heterocycles. The summed E-state index contributed by atoms with van der Waals surface area (Å²) in [5, 5.41) is 5.53. The normalized spacial score (nSPS) is 16.0. The van der Waals surface area contributed by atoms with Crippen molar-refractivity contribution in [1.82, 2.24) is 15.6 Å². The zero-order valence-electron chi connectivity index (χ0n) is 23.9. The van der Waals surface area contributed by atoms with Crippen LogP contribution in [0.15, 0.2) is 60.8 Å². The monoisotopic (exact) mass is 585 g/mol. The molecule has 1 aliphatic rings. The van der Waals surface area contributed by atoms with E-state index >= 15 is 0 Å². The fourth-order valence-electron chi connectivity index (χ4n) is 4.36. The van der Waals surface area contributed by atoms with Gasteiger partial charge in [-0.2, -0.15) is 13.2 Å². The van der Waals surface area contributed by atoms with Gasteiger partial charge >= 0.3 is 12.3 Å². The van der Waals surface area contributed by atoms with Crippen molar-refractivity contribution in [1.29, 1.82) is 0 Å². The Kier molecular flexibility index (Phi) is 9.40. The van der Waals surface area contributed by atoms with Crippen molar-refractivity contribution in [2.75, 3.05) is 13.2 Å². The number of benzene rings is 2. The number of amides is 2. The third kappa shape index (κ3) is 8.45. The summed E-state index contributed by atoms with van der Waals surface area (Å²) >= 11 is 0. The highest BCUT2D eigenvalue weighted by Crippen LogP contribution is 2.34. The SMILES string of the molecule is C[C@@H](NC(=O)c1ccnc(OC2CCOC2)c1)c1ccc(-c2cc(C(F)(F)F)ccc2CNC(=O)OC(C)(C)C)cc1. The lowest BCUT2D eigenvalue weighted by Gasteiger charge is -2.20. The predicted molar refractivity (Wildman–Crippen MR) is 150 cm³/mol. The van der Waals surface area contributed by atoms with Crippen LogP contribution < -0.4 is 15.4 Å². The standard InChI is InChI=1S/C31H34F3N3O5/c1-19(37-28(38)22-11-13-35-27(15-22)41-25-12-14-40-18-25)20-5-7-21(8-6-20)26-16-24(31(32,33)34)10-9-23(26)17-36-29(39)42-30(2,3)4/h5-11,13,15-16,19,25H,12,14,17-18H2,1-4H3,(H,36,39)(H,37,38)/t19-,25?/m1/s1. The van der Waals surface area contributed by atoms with Gasteiger partial charge in [0, 0.05) is 30.8 Å². The number of alkyl halides is 3. The molecule has 1 fully saturated rings. The highest BCUT2D eigenvalue weighted by atomic mass is 19.4. The van der Waals surface area contributed by atoms with E-state index in [0.717, 1.165) is 24.1 Å². The first-order valence-electron chi connectivity index (χ1n) is 13.6. The van der Waals surface area contributed by atoms with Gasteiger partial charge in [-0.15, -0.1) is 0 Å². The second kappa shape index (κ2) is 12.8. The maximum atomic E-state index is 13.5. The van der Waals surface area contributed by atoms with E-state index in [0.29, 0.717) is 41.3 Å². The van der Waals surface area contributed by atoms with Gasteiger partial charge in [-0.25, -0.2) is 9.78 Å². The molecular weight excluding hydrogens is 551 g/mol. The molecule has 0 saturated carbocycles. The molecule has 42 heavy (non-hydrogen) atoms. The van der Waals surface area contributed by atoms with Crippen molar-refractivity contribution >= 4 is 12.0 Å². The zero-order valence-corrected chi connectivity index (χ0v) is 23.9. The zero-order chi connectivity index (χ0) is 30.5. The fraction of sp³-hybridized carbons (Fsp3) is 0.387. The van der Waals surface area contributed by atoms with E-state index in [2.05, 4.69) is 15.6 Å². The summed E-state index contributed by atoms with van der Waals surface area (Å²) in [7, 11) is 0. The van der Waals surface area contributed by atoms with Gasteiger partial charge in [0.1, 0.15) is 11.7 Å². The van der Waals surface area contributed by atoms with E-state index in [1.54, 1.807) is 57.2 Å². The number of ether oxygens (including phenoxy) is 3. The lowest BCUT2D eigenvalue weighted by Crippen LogP contribution is -2.32. The first-order chi connectivity index (χ1) is 19.8. The van der Waals surface area contributed by atoms with Crippen LogP contribution in [0.2, 0.25) is 0 Å². The van der Waals surface area contributed by atoms with Crippen molar-refractivity contribution in [2.24, 2.45) is 0 Å². The minimum Gasteiger partial charge on any atom is -0.472 e. The number of alkyl carbamates (subject to hydrolysis) is 1. The molecule has 0 aliphatic carbocycles. The molecule has 0 bridgehead atoms. The van der Waals surface area contributed by atoms with Gasteiger partial charge in [0.2, 0.25) is 5.88 Å². The number of rotatable bonds is 8. The van der Waals surface area contributed by atoms with Gasteiger partial charge in [0.15, 0.2) is 0 Å². The van der Waals surface area contributed by atoms with Crippen molar-refractivity contribution in [3.63, 3.8) is 0 Å². The fourth-order valence-corrected chi connectivity index (χ4v) is 4.36. The maximum Gasteiger partial charge on any atom is 0.416 e. The first kappa shape index (κ1) is 30.8. The lowest BCUT2D eigenvalue weighted by molar-refractivity contribution is -0.137. The number of hydrogen-bond acceptors (Lipinski definition) is 6. The van der Waals surface area contributed by atoms with Crippen LogP contribution in [0.1, 0.15) is 67.2 Å². The molecule has 2 amide bonds. The van der Waals surface area contributed by atoms with Crippen LogP contribution in [-0.4, -0.2) is 41.9 Å². The molecule has 0 spiro atoms. The van der Waals surface area contributed by atoms with E-state index in [1.807, 2.05) is 6.92 Å². The Hall–Kier alpha value is -4.12. The van der Waals surface area contributed by atoms with Crippen LogP contribution >= 0.6 is 0 Å². The van der Waals surface area contributed by atoms with Crippen LogP contribution in [0.5, 0.6) is 5.88 Å². The molecule has 1 aromatic heterocycles. The smallest absolute Gasteiger partial charge is 0.416 e. The lowest BCUT2D eigenvalue weighted by atomic mass is 9.95. The van der Waals surface area contributed by atoms with Crippen molar-refractivity contribution in [3.8, 4) is 17.0 Å². The molecule has 224 valence electrons. The quantitative estimate of drug-likeness (QED) is 0.315. The number of halogens is 3. The average molecular weight is 586 g/mol. The van der Waals surface area contributed by atoms with E-state index in [9.17, 15) is 22.8 Å². The highest BCUT2D eigenvalue weighted by Gasteiger charge is 2.31. The van der Waals surface area contributed by atoms with Gasteiger partial charge in [-0.05, 0) is 68.1 Å². The Morgan fingerprint density at radius 1 is 1.07 bits per heavy atom. The van der Waals surface area contributed by atoms with Crippen LogP contribution in [0.25, 0.3) is 11.1 Å². The Balaban J connectivity index is 1.48. The molecule has 2 N–H and O–H groups in total. The van der Waals surface area contributed by atoms with E-state index in [1.165, 1.54) is 12.3 Å². The summed E-state index contributed by atoms with van der Waals surface area (Å²) < 4.78 is 56.9. The van der Waals surface area contributed by atoms with Gasteiger partial charge in [-0.3, -0.25) is 4.79 Å². The van der Waals surface area contributed by atoms with Crippen LogP contribution in [-0.2, 0) is 22.2 Å². The summed E-state index contributed by atoms with van der Waals surface area (Å²) in [6.07, 6.45) is -3.04. The molecule has 1 unspecified atom stereocenters. The first-order valence-corrected chi connectivity index (χ1v) is 13.6. The number of carbonyl (C=O) groups is 2.